The summed E-state index contributed by atoms with van der Waals surface area (Å²) in [4.78, 5) is 4.25. The zero-order valence-electron chi connectivity index (χ0n) is 15.6. The van der Waals surface area contributed by atoms with Gasteiger partial charge in [0.1, 0.15) is 0 Å². The molecule has 1 aliphatic heterocycles. The Morgan fingerprint density at radius 3 is 2.65 bits per heavy atom. The van der Waals surface area contributed by atoms with Crippen molar-refractivity contribution in [2.75, 3.05) is 44.3 Å². The molecule has 0 saturated heterocycles. The van der Waals surface area contributed by atoms with Crippen LogP contribution in [0.4, 0.5) is 11.4 Å². The third-order valence-corrected chi connectivity index (χ3v) is 6.24. The SMILES string of the molecule is CCN(CC)CCNc1ccc(N)c2c1Cc1ccc(OC)c(O)c1S2. The fraction of sp³-hybridized carbons (Fsp3) is 0.400. The van der Waals surface area contributed by atoms with E-state index in [4.69, 9.17) is 10.5 Å². The summed E-state index contributed by atoms with van der Waals surface area (Å²) in [6.07, 6.45) is 0.744. The van der Waals surface area contributed by atoms with Gasteiger partial charge in [0, 0.05) is 35.8 Å². The maximum Gasteiger partial charge on any atom is 0.172 e. The third kappa shape index (κ3) is 3.57. The molecule has 4 N–H and O–H groups in total. The van der Waals surface area contributed by atoms with E-state index in [0.717, 1.165) is 59.3 Å². The van der Waals surface area contributed by atoms with E-state index in [-0.39, 0.29) is 5.75 Å². The first kappa shape index (κ1) is 18.7. The van der Waals surface area contributed by atoms with Crippen molar-refractivity contribution in [2.24, 2.45) is 0 Å². The topological polar surface area (TPSA) is 70.8 Å². The number of phenolic OH excluding ortho intramolecular Hbond substituents is 1. The fourth-order valence-corrected chi connectivity index (χ4v) is 4.47. The summed E-state index contributed by atoms with van der Waals surface area (Å²) in [5.74, 6) is 0.687. The molecule has 0 unspecified atom stereocenters. The first-order valence-corrected chi connectivity index (χ1v) is 9.84. The van der Waals surface area contributed by atoms with Crippen molar-refractivity contribution in [3.8, 4) is 11.5 Å². The van der Waals surface area contributed by atoms with Gasteiger partial charge in [-0.05, 0) is 42.4 Å². The second kappa shape index (κ2) is 8.10. The minimum atomic E-state index is 0.194. The lowest BCUT2D eigenvalue weighted by molar-refractivity contribution is 0.316. The molecule has 5 nitrogen and oxygen atoms in total. The Hall–Kier alpha value is -2.05. The Morgan fingerprint density at radius 2 is 1.96 bits per heavy atom. The molecule has 140 valence electrons. The summed E-state index contributed by atoms with van der Waals surface area (Å²) < 4.78 is 5.24. The van der Waals surface area contributed by atoms with E-state index in [1.807, 2.05) is 18.2 Å². The molecular weight excluding hydrogens is 346 g/mol. The number of nitrogens with zero attached hydrogens (tertiary/aromatic N) is 1. The molecule has 0 saturated carbocycles. The highest BCUT2D eigenvalue weighted by molar-refractivity contribution is 7.99. The number of hydrogen-bond donors (Lipinski definition) is 3. The average molecular weight is 374 g/mol. The van der Waals surface area contributed by atoms with Gasteiger partial charge < -0.3 is 25.8 Å². The number of nitrogen functional groups attached to an aromatic ring is 1. The number of nitrogens with one attached hydrogen (secondary N) is 1. The highest BCUT2D eigenvalue weighted by atomic mass is 32.2. The van der Waals surface area contributed by atoms with E-state index in [2.05, 4.69) is 30.1 Å². The number of ether oxygens (including phenoxy) is 1. The van der Waals surface area contributed by atoms with Crippen molar-refractivity contribution in [3.05, 3.63) is 35.4 Å². The summed E-state index contributed by atoms with van der Waals surface area (Å²) in [5.41, 5.74) is 10.4. The quantitative estimate of drug-likeness (QED) is 0.547. The van der Waals surface area contributed by atoms with Crippen LogP contribution in [0, 0.1) is 0 Å². The van der Waals surface area contributed by atoms with Crippen LogP contribution in [0.2, 0.25) is 0 Å². The maximum absolute atomic E-state index is 10.5. The predicted octanol–water partition coefficient (Wildman–Crippen LogP) is 3.79. The van der Waals surface area contributed by atoms with E-state index in [1.165, 1.54) is 17.3 Å². The van der Waals surface area contributed by atoms with Gasteiger partial charge in [0.25, 0.3) is 0 Å². The molecule has 3 rings (SSSR count). The monoisotopic (exact) mass is 373 g/mol. The van der Waals surface area contributed by atoms with Gasteiger partial charge in [-0.15, -0.1) is 0 Å². The molecule has 0 spiro atoms. The van der Waals surface area contributed by atoms with Crippen LogP contribution in [0.5, 0.6) is 11.5 Å². The van der Waals surface area contributed by atoms with E-state index in [1.54, 1.807) is 7.11 Å². The Balaban J connectivity index is 1.85. The Kier molecular flexibility index (Phi) is 5.84. The highest BCUT2D eigenvalue weighted by Gasteiger charge is 2.25. The van der Waals surface area contributed by atoms with E-state index in [9.17, 15) is 5.11 Å². The number of phenols is 1. The molecule has 6 heteroatoms. The molecule has 2 aromatic rings. The van der Waals surface area contributed by atoms with Crippen molar-refractivity contribution in [3.63, 3.8) is 0 Å². The second-order valence-corrected chi connectivity index (χ2v) is 7.37. The molecule has 1 heterocycles. The van der Waals surface area contributed by atoms with Crippen LogP contribution >= 0.6 is 11.8 Å². The molecule has 0 bridgehead atoms. The first-order chi connectivity index (χ1) is 12.6. The van der Waals surface area contributed by atoms with Crippen LogP contribution in [-0.4, -0.2) is 43.3 Å². The highest BCUT2D eigenvalue weighted by Crippen LogP contribution is 2.50. The van der Waals surface area contributed by atoms with Crippen LogP contribution in [0.3, 0.4) is 0 Å². The van der Waals surface area contributed by atoms with Crippen LogP contribution in [0.1, 0.15) is 25.0 Å². The minimum absolute atomic E-state index is 0.194. The first-order valence-electron chi connectivity index (χ1n) is 9.03. The van der Waals surface area contributed by atoms with Crippen molar-refractivity contribution in [2.45, 2.75) is 30.1 Å². The standard InChI is InChI=1S/C20H27N3O2S/c1-4-23(5-2)11-10-22-16-8-7-15(21)20-14(16)12-13-6-9-17(25-3)18(24)19(13)26-20/h6-9,22,24H,4-5,10-12,21H2,1-3H3. The van der Waals surface area contributed by atoms with Crippen LogP contribution in [0.15, 0.2) is 34.1 Å². The predicted molar refractivity (Wildman–Crippen MR) is 109 cm³/mol. The zero-order chi connectivity index (χ0) is 18.7. The normalized spacial score (nSPS) is 12.6. The lowest BCUT2D eigenvalue weighted by Crippen LogP contribution is -2.28. The minimum Gasteiger partial charge on any atom is -0.503 e. The van der Waals surface area contributed by atoms with Crippen LogP contribution in [0.25, 0.3) is 0 Å². The summed E-state index contributed by atoms with van der Waals surface area (Å²) in [6.45, 7) is 8.38. The van der Waals surface area contributed by atoms with Crippen LogP contribution in [-0.2, 0) is 6.42 Å². The van der Waals surface area contributed by atoms with Gasteiger partial charge >= 0.3 is 0 Å². The van der Waals surface area contributed by atoms with Crippen molar-refractivity contribution in [1.82, 2.24) is 4.90 Å². The Morgan fingerprint density at radius 1 is 1.19 bits per heavy atom. The molecule has 2 aromatic carbocycles. The maximum atomic E-state index is 10.5. The molecule has 26 heavy (non-hydrogen) atoms. The van der Waals surface area contributed by atoms with Crippen LogP contribution < -0.4 is 15.8 Å². The third-order valence-electron chi connectivity index (χ3n) is 4.90. The van der Waals surface area contributed by atoms with Gasteiger partial charge in [-0.25, -0.2) is 0 Å². The number of aromatic hydroxyl groups is 1. The van der Waals surface area contributed by atoms with Gasteiger partial charge in [0.15, 0.2) is 11.5 Å². The summed E-state index contributed by atoms with van der Waals surface area (Å²) in [6, 6.07) is 7.84. The Labute approximate surface area is 159 Å². The van der Waals surface area contributed by atoms with Gasteiger partial charge in [-0.2, -0.15) is 0 Å². The van der Waals surface area contributed by atoms with Gasteiger partial charge in [-0.1, -0.05) is 31.7 Å². The zero-order valence-corrected chi connectivity index (χ0v) is 16.4. The number of hydrogen-bond acceptors (Lipinski definition) is 6. The van der Waals surface area contributed by atoms with E-state index >= 15 is 0 Å². The molecule has 0 aliphatic carbocycles. The Bertz CT molecular complexity index is 791. The lowest BCUT2D eigenvalue weighted by Gasteiger charge is -2.25. The molecule has 1 aliphatic rings. The largest absolute Gasteiger partial charge is 0.503 e. The van der Waals surface area contributed by atoms with Gasteiger partial charge in [0.2, 0.25) is 0 Å². The van der Waals surface area contributed by atoms with E-state index < -0.39 is 0 Å². The van der Waals surface area contributed by atoms with E-state index in [0.29, 0.717) is 5.75 Å². The van der Waals surface area contributed by atoms with Crippen molar-refractivity contribution >= 4 is 23.1 Å². The summed E-state index contributed by atoms with van der Waals surface area (Å²) in [5, 5.41) is 14.0. The number of fused-ring (bicyclic) bond motifs is 2. The molecule has 0 amide bonds. The molecule has 0 radical (unpaired) electrons. The smallest absolute Gasteiger partial charge is 0.172 e. The van der Waals surface area contributed by atoms with Gasteiger partial charge in [-0.3, -0.25) is 0 Å². The average Bonchev–Trinajstić information content (AvgIpc) is 2.66. The van der Waals surface area contributed by atoms with Gasteiger partial charge in [0.05, 0.1) is 12.0 Å². The number of likely N-dealkylation sites (N-methyl/N-ethyl adjacent to an activating group) is 1. The number of methoxy groups -OCH3 is 1. The number of benzene rings is 2. The number of rotatable bonds is 7. The number of anilines is 2. The van der Waals surface area contributed by atoms with Crippen molar-refractivity contribution in [1.29, 1.82) is 0 Å². The summed E-state index contributed by atoms with van der Waals surface area (Å²) in [7, 11) is 1.56. The van der Waals surface area contributed by atoms with Crippen molar-refractivity contribution < 1.29 is 9.84 Å². The molecule has 0 aromatic heterocycles. The molecular formula is C20H27N3O2S. The second-order valence-electron chi connectivity index (χ2n) is 6.35. The molecule has 0 fully saturated rings. The fourth-order valence-electron chi connectivity index (χ4n) is 3.30. The summed E-state index contributed by atoms with van der Waals surface area (Å²) >= 11 is 1.52. The number of nitrogens with two attached hydrogens (primary N) is 1. The lowest BCUT2D eigenvalue weighted by atomic mass is 10.0. The molecule has 0 atom stereocenters.